The van der Waals surface area contributed by atoms with E-state index in [-0.39, 0.29) is 0 Å². The molecule has 96 valence electrons. The second-order valence-corrected chi connectivity index (χ2v) is 4.27. The molecule has 0 aliphatic heterocycles. The number of hydrogen-bond donors (Lipinski definition) is 1. The van der Waals surface area contributed by atoms with Crippen LogP contribution in [0.25, 0.3) is 10.9 Å². The largest absolute Gasteiger partial charge is 0.480 e. The van der Waals surface area contributed by atoms with Gasteiger partial charge in [-0.15, -0.1) is 0 Å². The lowest BCUT2D eigenvalue weighted by atomic mass is 10.1. The molecule has 1 heterocycles. The summed E-state index contributed by atoms with van der Waals surface area (Å²) in [6, 6.07) is 8.70. The number of rotatable bonds is 3. The first-order chi connectivity index (χ1) is 9.06. The van der Waals surface area contributed by atoms with Crippen molar-refractivity contribution in [1.82, 2.24) is 4.98 Å². The van der Waals surface area contributed by atoms with Crippen molar-refractivity contribution in [2.24, 2.45) is 0 Å². The summed E-state index contributed by atoms with van der Waals surface area (Å²) in [5, 5.41) is 19.1. The van der Waals surface area contributed by atoms with Crippen LogP contribution in [0.5, 0.6) is 0 Å². The average molecular weight is 255 g/mol. The molecule has 0 amide bonds. The van der Waals surface area contributed by atoms with Gasteiger partial charge in [-0.1, -0.05) is 18.2 Å². The van der Waals surface area contributed by atoms with E-state index in [1.54, 1.807) is 18.9 Å². The minimum Gasteiger partial charge on any atom is -0.480 e. The van der Waals surface area contributed by atoms with Crippen LogP contribution in [0.1, 0.15) is 12.5 Å². The van der Waals surface area contributed by atoms with Crippen LogP contribution in [0.2, 0.25) is 0 Å². The molecule has 0 aliphatic carbocycles. The highest BCUT2D eigenvalue weighted by Crippen LogP contribution is 2.29. The Kier molecular flexibility index (Phi) is 3.34. The van der Waals surface area contributed by atoms with E-state index in [2.05, 4.69) is 11.1 Å². The summed E-state index contributed by atoms with van der Waals surface area (Å²) >= 11 is 0. The molecule has 1 atom stereocenters. The SMILES string of the molecule is CC(C(=O)O)N(C)c1c(C#N)cnc2ccccc12. The minimum absolute atomic E-state index is 0.370. The van der Waals surface area contributed by atoms with E-state index in [9.17, 15) is 10.1 Å². The monoisotopic (exact) mass is 255 g/mol. The number of benzene rings is 1. The Morgan fingerprint density at radius 1 is 1.47 bits per heavy atom. The van der Waals surface area contributed by atoms with Crippen LogP contribution >= 0.6 is 0 Å². The molecule has 5 heteroatoms. The van der Waals surface area contributed by atoms with Crippen molar-refractivity contribution in [3.05, 3.63) is 36.0 Å². The number of carboxylic acid groups (broad SMARTS) is 1. The molecule has 5 nitrogen and oxygen atoms in total. The number of pyridine rings is 1. The lowest BCUT2D eigenvalue weighted by molar-refractivity contribution is -0.138. The summed E-state index contributed by atoms with van der Waals surface area (Å²) in [5.41, 5.74) is 1.71. The number of nitrogens with zero attached hydrogens (tertiary/aromatic N) is 3. The van der Waals surface area contributed by atoms with Gasteiger partial charge in [0.25, 0.3) is 0 Å². The fraction of sp³-hybridized carbons (Fsp3) is 0.214. The number of nitriles is 1. The van der Waals surface area contributed by atoms with E-state index in [0.29, 0.717) is 11.3 Å². The number of carbonyl (C=O) groups is 1. The van der Waals surface area contributed by atoms with Crippen LogP contribution in [-0.2, 0) is 4.79 Å². The molecule has 1 N–H and O–H groups in total. The first-order valence-electron chi connectivity index (χ1n) is 5.79. The number of aromatic nitrogens is 1. The summed E-state index contributed by atoms with van der Waals surface area (Å²) in [7, 11) is 1.67. The standard InChI is InChI=1S/C14H13N3O2/c1-9(14(18)19)17(2)13-10(7-15)8-16-12-6-4-3-5-11(12)13/h3-6,8-9H,1-2H3,(H,18,19). The highest BCUT2D eigenvalue weighted by molar-refractivity contribution is 5.96. The maximum atomic E-state index is 11.1. The van der Waals surface area contributed by atoms with Gasteiger partial charge in [-0.3, -0.25) is 4.98 Å². The summed E-state index contributed by atoms with van der Waals surface area (Å²) in [6.45, 7) is 1.58. The fourth-order valence-electron chi connectivity index (χ4n) is 1.95. The highest BCUT2D eigenvalue weighted by atomic mass is 16.4. The molecule has 0 bridgehead atoms. The minimum atomic E-state index is -0.938. The predicted octanol–water partition coefficient (Wildman–Crippen LogP) is 2.02. The van der Waals surface area contributed by atoms with Gasteiger partial charge < -0.3 is 10.0 Å². The van der Waals surface area contributed by atoms with Gasteiger partial charge in [-0.25, -0.2) is 4.79 Å². The number of carboxylic acids is 1. The van der Waals surface area contributed by atoms with E-state index in [1.807, 2.05) is 24.3 Å². The maximum Gasteiger partial charge on any atom is 0.326 e. The normalized spacial score (nSPS) is 11.8. The second-order valence-electron chi connectivity index (χ2n) is 4.27. The Morgan fingerprint density at radius 3 is 2.79 bits per heavy atom. The third-order valence-electron chi connectivity index (χ3n) is 3.16. The third kappa shape index (κ3) is 2.20. The summed E-state index contributed by atoms with van der Waals surface area (Å²) in [6.07, 6.45) is 1.47. The lowest BCUT2D eigenvalue weighted by Crippen LogP contribution is -2.36. The predicted molar refractivity (Wildman–Crippen MR) is 72.0 cm³/mol. The molecule has 19 heavy (non-hydrogen) atoms. The van der Waals surface area contributed by atoms with Crippen LogP contribution < -0.4 is 4.90 Å². The van der Waals surface area contributed by atoms with Crippen LogP contribution in [-0.4, -0.2) is 29.1 Å². The van der Waals surface area contributed by atoms with E-state index < -0.39 is 12.0 Å². The number of fused-ring (bicyclic) bond motifs is 1. The summed E-state index contributed by atoms with van der Waals surface area (Å²) in [5.74, 6) is -0.938. The van der Waals surface area contributed by atoms with Crippen LogP contribution in [0.15, 0.2) is 30.5 Å². The zero-order valence-electron chi connectivity index (χ0n) is 10.7. The maximum absolute atomic E-state index is 11.1. The van der Waals surface area contributed by atoms with E-state index in [1.165, 1.54) is 6.20 Å². The molecule has 1 aromatic carbocycles. The summed E-state index contributed by atoms with van der Waals surface area (Å²) in [4.78, 5) is 16.9. The molecular weight excluding hydrogens is 242 g/mol. The number of likely N-dealkylation sites (N-methyl/N-ethyl adjacent to an activating group) is 1. The third-order valence-corrected chi connectivity index (χ3v) is 3.16. The van der Waals surface area contributed by atoms with E-state index in [0.717, 1.165) is 10.9 Å². The van der Waals surface area contributed by atoms with Crippen LogP contribution in [0.3, 0.4) is 0 Å². The fourth-order valence-corrected chi connectivity index (χ4v) is 1.95. The van der Waals surface area contributed by atoms with Crippen molar-refractivity contribution in [1.29, 1.82) is 5.26 Å². The molecule has 1 aromatic heterocycles. The van der Waals surface area contributed by atoms with Gasteiger partial charge in [0, 0.05) is 18.6 Å². The second kappa shape index (κ2) is 4.94. The Labute approximate surface area is 110 Å². The molecular formula is C14H13N3O2. The molecule has 0 radical (unpaired) electrons. The van der Waals surface area contributed by atoms with Gasteiger partial charge in [0.1, 0.15) is 12.1 Å². The molecule has 0 fully saturated rings. The summed E-state index contributed by atoms with van der Waals surface area (Å²) < 4.78 is 0. The van der Waals surface area contributed by atoms with Gasteiger partial charge >= 0.3 is 5.97 Å². The number of aliphatic carboxylic acids is 1. The Morgan fingerprint density at radius 2 is 2.16 bits per heavy atom. The quantitative estimate of drug-likeness (QED) is 0.907. The van der Waals surface area contributed by atoms with Crippen molar-refractivity contribution < 1.29 is 9.90 Å². The molecule has 2 rings (SSSR count). The van der Waals surface area contributed by atoms with Crippen LogP contribution in [0.4, 0.5) is 5.69 Å². The van der Waals surface area contributed by atoms with Crippen molar-refractivity contribution >= 4 is 22.6 Å². The molecule has 0 saturated heterocycles. The topological polar surface area (TPSA) is 77.2 Å². The van der Waals surface area contributed by atoms with Gasteiger partial charge in [-0.2, -0.15) is 5.26 Å². The van der Waals surface area contributed by atoms with Crippen LogP contribution in [0, 0.1) is 11.3 Å². The molecule has 1 unspecified atom stereocenters. The lowest BCUT2D eigenvalue weighted by Gasteiger charge is -2.25. The van der Waals surface area contributed by atoms with Gasteiger partial charge in [0.15, 0.2) is 0 Å². The Hall–Kier alpha value is -2.61. The zero-order valence-corrected chi connectivity index (χ0v) is 10.7. The van der Waals surface area contributed by atoms with Gasteiger partial charge in [0.2, 0.25) is 0 Å². The van der Waals surface area contributed by atoms with E-state index in [4.69, 9.17) is 5.11 Å². The van der Waals surface area contributed by atoms with E-state index >= 15 is 0 Å². The van der Waals surface area contributed by atoms with Gasteiger partial charge in [0.05, 0.1) is 16.8 Å². The smallest absolute Gasteiger partial charge is 0.326 e. The zero-order chi connectivity index (χ0) is 14.0. The Bertz CT molecular complexity index is 676. The Balaban J connectivity index is 2.69. The van der Waals surface area contributed by atoms with Crippen molar-refractivity contribution in [3.8, 4) is 6.07 Å². The van der Waals surface area contributed by atoms with Crippen molar-refractivity contribution in [2.75, 3.05) is 11.9 Å². The average Bonchev–Trinajstić information content (AvgIpc) is 2.44. The molecule has 0 aliphatic rings. The first-order valence-corrected chi connectivity index (χ1v) is 5.79. The number of anilines is 1. The van der Waals surface area contributed by atoms with Gasteiger partial charge in [-0.05, 0) is 13.0 Å². The first kappa shape index (κ1) is 12.8. The number of hydrogen-bond acceptors (Lipinski definition) is 4. The number of para-hydroxylation sites is 1. The molecule has 2 aromatic rings. The van der Waals surface area contributed by atoms with Crippen molar-refractivity contribution in [3.63, 3.8) is 0 Å². The van der Waals surface area contributed by atoms with Crippen molar-refractivity contribution in [2.45, 2.75) is 13.0 Å². The molecule has 0 spiro atoms. The highest BCUT2D eigenvalue weighted by Gasteiger charge is 2.21. The molecule has 0 saturated carbocycles.